The van der Waals surface area contributed by atoms with Crippen LogP contribution in [0.2, 0.25) is 5.02 Å². The Morgan fingerprint density at radius 1 is 1.47 bits per heavy atom. The maximum absolute atomic E-state index is 5.97. The first-order chi connectivity index (χ1) is 9.17. The van der Waals surface area contributed by atoms with Gasteiger partial charge in [0, 0.05) is 18.7 Å². The molecule has 6 heteroatoms. The normalized spacial score (nSPS) is 11.2. The van der Waals surface area contributed by atoms with Gasteiger partial charge in [0.15, 0.2) is 5.11 Å². The monoisotopic (exact) mass is 299 g/mol. The minimum Gasteiger partial charge on any atom is -0.383 e. The van der Waals surface area contributed by atoms with Gasteiger partial charge >= 0.3 is 0 Å². The molecular formula is C13H18ClN3OS. The maximum Gasteiger partial charge on any atom is 0.187 e. The molecule has 19 heavy (non-hydrogen) atoms. The molecule has 0 atom stereocenters. The summed E-state index contributed by atoms with van der Waals surface area (Å²) in [6.45, 7) is 3.28. The molecule has 0 radical (unpaired) electrons. The van der Waals surface area contributed by atoms with Crippen molar-refractivity contribution in [2.45, 2.75) is 13.3 Å². The van der Waals surface area contributed by atoms with Gasteiger partial charge < -0.3 is 10.1 Å². The summed E-state index contributed by atoms with van der Waals surface area (Å²) in [4.78, 5) is 0. The molecule has 4 nitrogen and oxygen atoms in total. The van der Waals surface area contributed by atoms with E-state index in [0.29, 0.717) is 23.3 Å². The first-order valence-corrected chi connectivity index (χ1v) is 6.81. The van der Waals surface area contributed by atoms with Crippen molar-refractivity contribution >= 4 is 34.6 Å². The van der Waals surface area contributed by atoms with E-state index in [4.69, 9.17) is 28.6 Å². The van der Waals surface area contributed by atoms with Crippen LogP contribution in [0, 0.1) is 0 Å². The number of hydrogen-bond donors (Lipinski definition) is 2. The van der Waals surface area contributed by atoms with Crippen molar-refractivity contribution in [1.29, 1.82) is 0 Å². The number of thiocarbonyl (C=S) groups is 1. The molecule has 1 aromatic rings. The van der Waals surface area contributed by atoms with E-state index in [-0.39, 0.29) is 0 Å². The first-order valence-electron chi connectivity index (χ1n) is 6.02. The van der Waals surface area contributed by atoms with Gasteiger partial charge in [0.25, 0.3) is 0 Å². The smallest absolute Gasteiger partial charge is 0.187 e. The van der Waals surface area contributed by atoms with Crippen LogP contribution in [-0.4, -0.2) is 31.1 Å². The van der Waals surface area contributed by atoms with Gasteiger partial charge in [-0.2, -0.15) is 5.10 Å². The number of nitrogens with zero attached hydrogens (tertiary/aromatic N) is 1. The van der Waals surface area contributed by atoms with E-state index in [0.717, 1.165) is 17.7 Å². The van der Waals surface area contributed by atoms with Gasteiger partial charge in [-0.3, -0.25) is 5.43 Å². The third-order valence-corrected chi connectivity index (χ3v) is 2.85. The summed E-state index contributed by atoms with van der Waals surface area (Å²) in [5, 5.41) is 8.45. The van der Waals surface area contributed by atoms with Gasteiger partial charge in [-0.05, 0) is 36.3 Å². The molecule has 104 valence electrons. The van der Waals surface area contributed by atoms with Gasteiger partial charge in [0.2, 0.25) is 0 Å². The molecule has 0 aliphatic rings. The van der Waals surface area contributed by atoms with Crippen molar-refractivity contribution < 1.29 is 4.74 Å². The van der Waals surface area contributed by atoms with E-state index < -0.39 is 0 Å². The molecule has 0 aliphatic heterocycles. The van der Waals surface area contributed by atoms with Crippen LogP contribution in [0.25, 0.3) is 0 Å². The van der Waals surface area contributed by atoms with E-state index in [1.54, 1.807) is 7.11 Å². The van der Waals surface area contributed by atoms with Crippen LogP contribution < -0.4 is 10.7 Å². The van der Waals surface area contributed by atoms with Crippen molar-refractivity contribution in [2.75, 3.05) is 20.3 Å². The summed E-state index contributed by atoms with van der Waals surface area (Å²) in [6.07, 6.45) is 0.786. The Labute approximate surface area is 124 Å². The van der Waals surface area contributed by atoms with Crippen LogP contribution in [0.3, 0.4) is 0 Å². The molecule has 2 N–H and O–H groups in total. The molecule has 0 aliphatic carbocycles. The van der Waals surface area contributed by atoms with Gasteiger partial charge in [-0.1, -0.05) is 30.7 Å². The summed E-state index contributed by atoms with van der Waals surface area (Å²) < 4.78 is 4.92. The Morgan fingerprint density at radius 2 is 2.26 bits per heavy atom. The molecule has 1 rings (SSSR count). The van der Waals surface area contributed by atoms with E-state index in [1.165, 1.54) is 0 Å². The number of nitrogens with one attached hydrogen (secondary N) is 2. The Balaban J connectivity index is 2.59. The largest absolute Gasteiger partial charge is 0.383 e. The number of hydrazone groups is 1. The number of benzene rings is 1. The van der Waals surface area contributed by atoms with E-state index in [1.807, 2.05) is 31.2 Å². The van der Waals surface area contributed by atoms with Crippen molar-refractivity contribution in [1.82, 2.24) is 10.7 Å². The lowest BCUT2D eigenvalue weighted by molar-refractivity contribution is 0.204. The molecule has 0 unspecified atom stereocenters. The molecular weight excluding hydrogens is 282 g/mol. The zero-order valence-corrected chi connectivity index (χ0v) is 12.6. The fourth-order valence-electron chi connectivity index (χ4n) is 1.44. The molecule has 0 heterocycles. The minimum atomic E-state index is 0.477. The highest BCUT2D eigenvalue weighted by atomic mass is 35.5. The summed E-state index contributed by atoms with van der Waals surface area (Å²) >= 11 is 11.1. The maximum atomic E-state index is 5.97. The lowest BCUT2D eigenvalue weighted by atomic mass is 10.1. The number of ether oxygens (including phenoxy) is 1. The van der Waals surface area contributed by atoms with E-state index in [2.05, 4.69) is 15.8 Å². The standard InChI is InChI=1S/C13H18ClN3OS/c1-3-12(10-5-4-6-11(14)9-10)16-17-13(19)15-7-8-18-2/h4-6,9H,3,7-8H2,1-2H3,(H2,15,17,19)/b16-12+. The topological polar surface area (TPSA) is 45.7 Å². The average Bonchev–Trinajstić information content (AvgIpc) is 2.40. The van der Waals surface area contributed by atoms with E-state index in [9.17, 15) is 0 Å². The number of halogens is 1. The Kier molecular flexibility index (Phi) is 7.40. The van der Waals surface area contributed by atoms with Crippen LogP contribution in [0.15, 0.2) is 29.4 Å². The molecule has 1 aromatic carbocycles. The third kappa shape index (κ3) is 6.00. The fraction of sp³-hybridized carbons (Fsp3) is 0.385. The SMILES string of the molecule is CC/C(=N\NC(=S)NCCOC)c1cccc(Cl)c1. The summed E-state index contributed by atoms with van der Waals surface area (Å²) in [6, 6.07) is 7.59. The minimum absolute atomic E-state index is 0.477. The average molecular weight is 300 g/mol. The Hall–Kier alpha value is -1.17. The summed E-state index contributed by atoms with van der Waals surface area (Å²) in [7, 11) is 1.64. The predicted octanol–water partition coefficient (Wildman–Crippen LogP) is 2.56. The van der Waals surface area contributed by atoms with Crippen LogP contribution in [0.5, 0.6) is 0 Å². The number of rotatable bonds is 6. The third-order valence-electron chi connectivity index (χ3n) is 2.38. The van der Waals surface area contributed by atoms with Crippen LogP contribution >= 0.6 is 23.8 Å². The highest BCUT2D eigenvalue weighted by Crippen LogP contribution is 2.12. The second-order valence-corrected chi connectivity index (χ2v) is 4.63. The van der Waals surface area contributed by atoms with Crippen LogP contribution in [0.1, 0.15) is 18.9 Å². The highest BCUT2D eigenvalue weighted by molar-refractivity contribution is 7.80. The van der Waals surface area contributed by atoms with Gasteiger partial charge in [-0.15, -0.1) is 0 Å². The predicted molar refractivity (Wildman–Crippen MR) is 83.9 cm³/mol. The zero-order valence-electron chi connectivity index (χ0n) is 11.1. The fourth-order valence-corrected chi connectivity index (χ4v) is 1.78. The van der Waals surface area contributed by atoms with Gasteiger partial charge in [0.05, 0.1) is 12.3 Å². The molecule has 0 spiro atoms. The van der Waals surface area contributed by atoms with Crippen LogP contribution in [-0.2, 0) is 4.74 Å². The molecule has 0 amide bonds. The number of methoxy groups -OCH3 is 1. The Bertz CT molecular complexity index is 451. The quantitative estimate of drug-likeness (QED) is 0.367. The Morgan fingerprint density at radius 3 is 2.89 bits per heavy atom. The molecule has 0 fully saturated rings. The summed E-state index contributed by atoms with van der Waals surface area (Å²) in [5.74, 6) is 0. The molecule has 0 saturated heterocycles. The van der Waals surface area contributed by atoms with Crippen molar-refractivity contribution in [2.24, 2.45) is 5.10 Å². The van der Waals surface area contributed by atoms with E-state index >= 15 is 0 Å². The van der Waals surface area contributed by atoms with Crippen molar-refractivity contribution in [3.8, 4) is 0 Å². The van der Waals surface area contributed by atoms with Crippen LogP contribution in [0.4, 0.5) is 0 Å². The molecule has 0 aromatic heterocycles. The highest BCUT2D eigenvalue weighted by Gasteiger charge is 2.02. The number of hydrogen-bond acceptors (Lipinski definition) is 3. The molecule has 0 saturated carbocycles. The lowest BCUT2D eigenvalue weighted by Gasteiger charge is -2.08. The van der Waals surface area contributed by atoms with Crippen molar-refractivity contribution in [3.05, 3.63) is 34.9 Å². The summed E-state index contributed by atoms with van der Waals surface area (Å²) in [5.41, 5.74) is 4.71. The van der Waals surface area contributed by atoms with Gasteiger partial charge in [-0.25, -0.2) is 0 Å². The lowest BCUT2D eigenvalue weighted by Crippen LogP contribution is -2.34. The first kappa shape index (κ1) is 15.9. The van der Waals surface area contributed by atoms with Gasteiger partial charge in [0.1, 0.15) is 0 Å². The second-order valence-electron chi connectivity index (χ2n) is 3.78. The zero-order chi connectivity index (χ0) is 14.1. The molecule has 0 bridgehead atoms. The van der Waals surface area contributed by atoms with Crippen molar-refractivity contribution in [3.63, 3.8) is 0 Å². The second kappa shape index (κ2) is 8.85.